The van der Waals surface area contributed by atoms with E-state index in [0.29, 0.717) is 12.0 Å². The molecule has 0 N–H and O–H groups in total. The van der Waals surface area contributed by atoms with Crippen molar-refractivity contribution < 1.29 is 0 Å². The summed E-state index contributed by atoms with van der Waals surface area (Å²) in [6, 6.07) is 27.5. The molecule has 2 atom stereocenters. The third kappa shape index (κ3) is 1.53. The molecule has 2 aliphatic rings. The van der Waals surface area contributed by atoms with E-state index in [1.54, 1.807) is 0 Å². The number of fused-ring (bicyclic) bond motifs is 13. The predicted molar refractivity (Wildman–Crippen MR) is 134 cm³/mol. The smallest absolute Gasteiger partial charge is 0.0630 e. The monoisotopic (exact) mass is 406 g/mol. The number of allylic oxidation sites excluding steroid dienone is 4. The zero-order valence-corrected chi connectivity index (χ0v) is 17.3. The molecule has 3 aromatic heterocycles. The fourth-order valence-corrected chi connectivity index (χ4v) is 6.83. The molecule has 1 aliphatic carbocycles. The molecule has 2 heteroatoms. The van der Waals surface area contributed by atoms with Crippen molar-refractivity contribution in [1.29, 1.82) is 0 Å². The third-order valence-electron chi connectivity index (χ3n) is 7.95. The van der Waals surface area contributed by atoms with Crippen molar-refractivity contribution in [3.63, 3.8) is 0 Å². The minimum atomic E-state index is 0.358. The molecule has 0 amide bonds. The molecule has 0 radical (unpaired) electrons. The maximum absolute atomic E-state index is 2.59. The van der Waals surface area contributed by atoms with E-state index in [1.165, 1.54) is 65.5 Å². The molecular formula is C30H18N2. The maximum Gasteiger partial charge on any atom is 0.0630 e. The van der Waals surface area contributed by atoms with Crippen LogP contribution in [0.3, 0.4) is 0 Å². The van der Waals surface area contributed by atoms with Crippen molar-refractivity contribution in [2.75, 3.05) is 0 Å². The van der Waals surface area contributed by atoms with Crippen LogP contribution in [0.1, 0.15) is 17.5 Å². The Labute approximate surface area is 183 Å². The van der Waals surface area contributed by atoms with E-state index in [2.05, 4.69) is 106 Å². The molecule has 2 nitrogen and oxygen atoms in total. The van der Waals surface area contributed by atoms with E-state index in [1.807, 2.05) is 0 Å². The Balaban J connectivity index is 1.66. The van der Waals surface area contributed by atoms with Crippen LogP contribution in [-0.2, 0) is 0 Å². The predicted octanol–water partition coefficient (Wildman–Crippen LogP) is 7.71. The SMILES string of the molecule is C1=CC2c3cc4c(c5cccc6c7ccccc7n4c65)c4c5ccccc5n(c34)C2C=C1. The van der Waals surface area contributed by atoms with Crippen LogP contribution in [0, 0.1) is 0 Å². The topological polar surface area (TPSA) is 9.34 Å². The summed E-state index contributed by atoms with van der Waals surface area (Å²) in [4.78, 5) is 0. The van der Waals surface area contributed by atoms with E-state index in [9.17, 15) is 0 Å². The average Bonchev–Trinajstić information content (AvgIpc) is 3.56. The molecular weight excluding hydrogens is 388 g/mol. The Bertz CT molecular complexity index is 1990. The summed E-state index contributed by atoms with van der Waals surface area (Å²) >= 11 is 0. The lowest BCUT2D eigenvalue weighted by Crippen LogP contribution is -2.08. The second-order valence-electron chi connectivity index (χ2n) is 9.31. The Hall–Kier alpha value is -4.04. The highest BCUT2D eigenvalue weighted by atomic mass is 15.1. The fraction of sp³-hybridized carbons (Fsp3) is 0.0667. The summed E-state index contributed by atoms with van der Waals surface area (Å²) in [5.41, 5.74) is 8.22. The normalized spacial score (nSPS) is 19.6. The Morgan fingerprint density at radius 1 is 0.562 bits per heavy atom. The number of benzene rings is 4. The molecule has 9 rings (SSSR count). The Morgan fingerprint density at radius 2 is 1.31 bits per heavy atom. The average molecular weight is 406 g/mol. The quantitative estimate of drug-likeness (QED) is 0.244. The first kappa shape index (κ1) is 15.7. The molecule has 32 heavy (non-hydrogen) atoms. The van der Waals surface area contributed by atoms with Crippen molar-refractivity contribution in [2.45, 2.75) is 12.0 Å². The van der Waals surface area contributed by atoms with Crippen LogP contribution < -0.4 is 0 Å². The van der Waals surface area contributed by atoms with E-state index in [-0.39, 0.29) is 0 Å². The van der Waals surface area contributed by atoms with E-state index in [0.717, 1.165) is 0 Å². The minimum Gasteiger partial charge on any atom is -0.332 e. The van der Waals surface area contributed by atoms with Gasteiger partial charge in [0.25, 0.3) is 0 Å². The first-order valence-electron chi connectivity index (χ1n) is 11.4. The lowest BCUT2D eigenvalue weighted by molar-refractivity contribution is 0.615. The summed E-state index contributed by atoms with van der Waals surface area (Å²) < 4.78 is 5.12. The van der Waals surface area contributed by atoms with Gasteiger partial charge in [0, 0.05) is 43.8 Å². The second-order valence-corrected chi connectivity index (χ2v) is 9.31. The van der Waals surface area contributed by atoms with Gasteiger partial charge in [-0.05, 0) is 23.8 Å². The molecule has 0 saturated heterocycles. The summed E-state index contributed by atoms with van der Waals surface area (Å²) in [7, 11) is 0. The molecule has 0 bridgehead atoms. The standard InChI is InChI=1S/C30H18N2/c1-4-13-23-17(8-1)19-11-7-12-21-27-26(32(23)29(19)21)16-22-18-9-2-5-14-24(18)31-25-15-6-3-10-20(25)28(27)30(22)31/h1-16,18,24H. The van der Waals surface area contributed by atoms with Gasteiger partial charge >= 0.3 is 0 Å². The summed E-state index contributed by atoms with van der Waals surface area (Å²) in [6.45, 7) is 0. The highest BCUT2D eigenvalue weighted by Gasteiger charge is 2.36. The minimum absolute atomic E-state index is 0.358. The van der Waals surface area contributed by atoms with Gasteiger partial charge in [-0.15, -0.1) is 0 Å². The van der Waals surface area contributed by atoms with Crippen LogP contribution in [-0.4, -0.2) is 8.97 Å². The molecule has 0 spiro atoms. The number of hydrogen-bond acceptors (Lipinski definition) is 0. The van der Waals surface area contributed by atoms with E-state index < -0.39 is 0 Å². The van der Waals surface area contributed by atoms with Crippen molar-refractivity contribution >= 4 is 59.9 Å². The summed E-state index contributed by atoms with van der Waals surface area (Å²) in [5, 5.41) is 8.25. The van der Waals surface area contributed by atoms with Crippen molar-refractivity contribution in [3.8, 4) is 0 Å². The fourth-order valence-electron chi connectivity index (χ4n) is 6.83. The highest BCUT2D eigenvalue weighted by molar-refractivity contribution is 6.33. The van der Waals surface area contributed by atoms with Gasteiger partial charge in [-0.2, -0.15) is 0 Å². The van der Waals surface area contributed by atoms with Gasteiger partial charge in [-0.3, -0.25) is 0 Å². The van der Waals surface area contributed by atoms with Crippen LogP contribution in [0.4, 0.5) is 0 Å². The number of rotatable bonds is 0. The molecule has 4 heterocycles. The summed E-state index contributed by atoms with van der Waals surface area (Å²) in [5.74, 6) is 0.397. The lowest BCUT2D eigenvalue weighted by Gasteiger charge is -2.20. The van der Waals surface area contributed by atoms with Gasteiger partial charge in [0.1, 0.15) is 0 Å². The zero-order valence-electron chi connectivity index (χ0n) is 17.3. The first-order valence-corrected chi connectivity index (χ1v) is 11.4. The number of hydrogen-bond donors (Lipinski definition) is 0. The van der Waals surface area contributed by atoms with Gasteiger partial charge in [0.05, 0.1) is 28.1 Å². The van der Waals surface area contributed by atoms with Gasteiger partial charge in [0.15, 0.2) is 0 Å². The second kappa shape index (κ2) is 5.05. The first-order chi connectivity index (χ1) is 15.9. The Morgan fingerprint density at radius 3 is 2.25 bits per heavy atom. The molecule has 0 fully saturated rings. The van der Waals surface area contributed by atoms with Crippen LogP contribution in [0.2, 0.25) is 0 Å². The molecule has 1 aliphatic heterocycles. The van der Waals surface area contributed by atoms with E-state index >= 15 is 0 Å². The largest absolute Gasteiger partial charge is 0.332 e. The number of para-hydroxylation sites is 3. The number of nitrogens with zero attached hydrogens (tertiary/aromatic N) is 2. The van der Waals surface area contributed by atoms with Gasteiger partial charge in [-0.25, -0.2) is 0 Å². The molecule has 148 valence electrons. The van der Waals surface area contributed by atoms with Crippen LogP contribution in [0.15, 0.2) is 97.1 Å². The Kier molecular flexibility index (Phi) is 2.48. The van der Waals surface area contributed by atoms with Crippen LogP contribution in [0.25, 0.3) is 59.9 Å². The molecule has 7 aromatic rings. The van der Waals surface area contributed by atoms with Gasteiger partial charge in [0.2, 0.25) is 0 Å². The van der Waals surface area contributed by atoms with Crippen molar-refractivity contribution in [2.24, 2.45) is 0 Å². The lowest BCUT2D eigenvalue weighted by atomic mass is 9.89. The zero-order chi connectivity index (χ0) is 20.6. The van der Waals surface area contributed by atoms with Crippen molar-refractivity contribution in [1.82, 2.24) is 8.97 Å². The number of aromatic nitrogens is 2. The van der Waals surface area contributed by atoms with E-state index in [4.69, 9.17) is 0 Å². The highest BCUT2D eigenvalue weighted by Crippen LogP contribution is 2.53. The summed E-state index contributed by atoms with van der Waals surface area (Å²) in [6.07, 6.45) is 9.18. The molecule has 4 aromatic carbocycles. The maximum atomic E-state index is 2.59. The molecule has 0 saturated carbocycles. The van der Waals surface area contributed by atoms with Crippen LogP contribution in [0.5, 0.6) is 0 Å². The van der Waals surface area contributed by atoms with Crippen LogP contribution >= 0.6 is 0 Å². The van der Waals surface area contributed by atoms with Crippen molar-refractivity contribution in [3.05, 3.63) is 103 Å². The van der Waals surface area contributed by atoms with Gasteiger partial charge < -0.3 is 8.97 Å². The van der Waals surface area contributed by atoms with Gasteiger partial charge in [-0.1, -0.05) is 78.9 Å². The molecule has 2 unspecified atom stereocenters. The third-order valence-corrected chi connectivity index (χ3v) is 7.95.